The van der Waals surface area contributed by atoms with Crippen molar-refractivity contribution in [2.75, 3.05) is 46.3 Å². The van der Waals surface area contributed by atoms with Gasteiger partial charge in [-0.05, 0) is 38.9 Å². The molecule has 1 fully saturated rings. The van der Waals surface area contributed by atoms with E-state index >= 15 is 0 Å². The highest BCUT2D eigenvalue weighted by Gasteiger charge is 2.41. The third kappa shape index (κ3) is 4.50. The van der Waals surface area contributed by atoms with Crippen molar-refractivity contribution in [2.45, 2.75) is 31.2 Å². The number of aliphatic imine (C=N–C) groups is 1. The van der Waals surface area contributed by atoms with Crippen LogP contribution in [0, 0.1) is 0 Å². The highest BCUT2D eigenvalue weighted by atomic mass is 16.5. The van der Waals surface area contributed by atoms with E-state index in [1.165, 1.54) is 0 Å². The molecule has 2 aromatic carbocycles. The van der Waals surface area contributed by atoms with Crippen LogP contribution < -0.4 is 14.4 Å². The average molecular weight is 464 g/mol. The number of hydrogen-bond acceptors (Lipinski definition) is 6. The second-order valence-electron chi connectivity index (χ2n) is 9.04. The summed E-state index contributed by atoms with van der Waals surface area (Å²) >= 11 is 0. The number of fused-ring (bicyclic) bond motifs is 1. The van der Waals surface area contributed by atoms with Crippen molar-refractivity contribution in [2.24, 2.45) is 4.99 Å². The average Bonchev–Trinajstić information content (AvgIpc) is 3.29. The molecule has 1 aliphatic rings. The topological polar surface area (TPSA) is 83.0 Å². The van der Waals surface area contributed by atoms with Gasteiger partial charge in [0.2, 0.25) is 0 Å². The first kappa shape index (κ1) is 23.8. The maximum absolute atomic E-state index is 12.6. The molecule has 1 saturated heterocycles. The number of nitrogens with one attached hydrogen (secondary N) is 1. The number of likely N-dealkylation sites (tertiary alicyclic amines) is 1. The zero-order valence-corrected chi connectivity index (χ0v) is 20.5. The monoisotopic (exact) mass is 463 g/mol. The smallest absolute Gasteiger partial charge is 0.138 e. The number of rotatable bonds is 7. The summed E-state index contributed by atoms with van der Waals surface area (Å²) in [5.74, 6) is 1.91. The van der Waals surface area contributed by atoms with E-state index in [9.17, 15) is 4.79 Å². The lowest BCUT2D eigenvalue weighted by Gasteiger charge is -2.48. The van der Waals surface area contributed by atoms with Crippen molar-refractivity contribution in [3.05, 3.63) is 48.3 Å². The molecule has 4 rings (SSSR count). The van der Waals surface area contributed by atoms with E-state index in [0.717, 1.165) is 48.9 Å². The number of nitrogens with zero attached hydrogens (tertiary/aromatic N) is 4. The first-order valence-electron chi connectivity index (χ1n) is 11.5. The molecule has 180 valence electrons. The molecule has 0 bridgehead atoms. The highest BCUT2D eigenvalue weighted by Crippen LogP contribution is 2.39. The minimum atomic E-state index is -0.661. The number of hydrogen-bond donors (Lipinski definition) is 1. The van der Waals surface area contributed by atoms with Gasteiger partial charge in [0.15, 0.2) is 0 Å². The van der Waals surface area contributed by atoms with Crippen molar-refractivity contribution in [1.29, 1.82) is 0 Å². The third-order valence-electron chi connectivity index (χ3n) is 6.77. The number of aldehydes is 1. The summed E-state index contributed by atoms with van der Waals surface area (Å²) in [6, 6.07) is 13.6. The number of carbonyl (C=O) groups excluding carboxylic acids is 1. The van der Waals surface area contributed by atoms with E-state index in [1.54, 1.807) is 21.3 Å². The first-order valence-corrected chi connectivity index (χ1v) is 11.5. The van der Waals surface area contributed by atoms with Gasteiger partial charge in [0, 0.05) is 43.9 Å². The number of imidazole rings is 1. The fourth-order valence-electron chi connectivity index (χ4n) is 4.71. The van der Waals surface area contributed by atoms with Gasteiger partial charge in [0.25, 0.3) is 0 Å². The SMILES string of the molecule is CN=C(C(C=O)c1nc2ccccc2[nH]1)N(c1cc(OC)cc(OC)c1)C1(C)CCN(C)CC1. The molecular weight excluding hydrogens is 430 g/mol. The first-order chi connectivity index (χ1) is 16.4. The molecule has 0 aliphatic carbocycles. The Kier molecular flexibility index (Phi) is 6.88. The van der Waals surface area contributed by atoms with Crippen LogP contribution in [0.3, 0.4) is 0 Å². The maximum Gasteiger partial charge on any atom is 0.138 e. The number of ether oxygens (including phenoxy) is 2. The zero-order valence-electron chi connectivity index (χ0n) is 20.5. The number of anilines is 1. The van der Waals surface area contributed by atoms with Crippen LogP contribution in [0.2, 0.25) is 0 Å². The molecule has 0 saturated carbocycles. The van der Waals surface area contributed by atoms with Crippen LogP contribution in [0.25, 0.3) is 11.0 Å². The van der Waals surface area contributed by atoms with E-state index in [-0.39, 0.29) is 5.54 Å². The summed E-state index contributed by atoms with van der Waals surface area (Å²) in [6.07, 6.45) is 2.74. The molecule has 0 radical (unpaired) electrons. The van der Waals surface area contributed by atoms with Crippen LogP contribution in [-0.2, 0) is 4.79 Å². The lowest BCUT2D eigenvalue weighted by molar-refractivity contribution is -0.108. The van der Waals surface area contributed by atoms with Gasteiger partial charge in [-0.15, -0.1) is 0 Å². The molecule has 3 aromatic rings. The Bertz CT molecular complexity index is 1120. The molecular formula is C26H33N5O3. The summed E-state index contributed by atoms with van der Waals surface area (Å²) in [5.41, 5.74) is 2.30. The second kappa shape index (κ2) is 9.85. The quantitative estimate of drug-likeness (QED) is 0.325. The Morgan fingerprint density at radius 3 is 2.38 bits per heavy atom. The predicted molar refractivity (Wildman–Crippen MR) is 135 cm³/mol. The number of aromatic nitrogens is 2. The van der Waals surface area contributed by atoms with Gasteiger partial charge in [0.05, 0.1) is 30.9 Å². The van der Waals surface area contributed by atoms with Crippen molar-refractivity contribution < 1.29 is 14.3 Å². The maximum atomic E-state index is 12.6. The standard InChI is InChI=1S/C26H33N5O3/c1-26(10-12-30(3)13-11-26)31(18-14-19(33-4)16-20(15-18)34-5)25(27-2)21(17-32)24-28-22-8-6-7-9-23(22)29-24/h6-9,14-17,21H,10-13H2,1-5H3,(H,28,29). The van der Waals surface area contributed by atoms with Crippen LogP contribution in [0.15, 0.2) is 47.5 Å². The van der Waals surface area contributed by atoms with Crippen LogP contribution in [0.5, 0.6) is 11.5 Å². The summed E-state index contributed by atoms with van der Waals surface area (Å²) < 4.78 is 11.1. The lowest BCUT2D eigenvalue weighted by Crippen LogP contribution is -2.57. The van der Waals surface area contributed by atoms with Crippen molar-refractivity contribution >= 4 is 28.8 Å². The fourth-order valence-corrected chi connectivity index (χ4v) is 4.71. The predicted octanol–water partition coefficient (Wildman–Crippen LogP) is 3.88. The van der Waals surface area contributed by atoms with Crippen molar-refractivity contribution in [3.63, 3.8) is 0 Å². The van der Waals surface area contributed by atoms with E-state index in [1.807, 2.05) is 42.5 Å². The molecule has 0 spiro atoms. The van der Waals surface area contributed by atoms with Gasteiger partial charge in [0.1, 0.15) is 35.4 Å². The largest absolute Gasteiger partial charge is 0.497 e. The molecule has 34 heavy (non-hydrogen) atoms. The summed E-state index contributed by atoms with van der Waals surface area (Å²) in [7, 11) is 7.14. The normalized spacial score (nSPS) is 17.4. The van der Waals surface area contributed by atoms with Crippen LogP contribution >= 0.6 is 0 Å². The Morgan fingerprint density at radius 1 is 1.18 bits per heavy atom. The molecule has 1 aromatic heterocycles. The van der Waals surface area contributed by atoms with Crippen LogP contribution in [0.1, 0.15) is 31.5 Å². The Hall–Kier alpha value is -3.39. The molecule has 1 atom stereocenters. The number of aromatic amines is 1. The minimum absolute atomic E-state index is 0.272. The highest BCUT2D eigenvalue weighted by molar-refractivity contribution is 6.11. The molecule has 1 unspecified atom stereocenters. The van der Waals surface area contributed by atoms with E-state index in [4.69, 9.17) is 14.5 Å². The summed E-state index contributed by atoms with van der Waals surface area (Å²) in [5, 5.41) is 0. The van der Waals surface area contributed by atoms with Crippen molar-refractivity contribution in [1.82, 2.24) is 14.9 Å². The number of amidine groups is 1. The summed E-state index contributed by atoms with van der Waals surface area (Å²) in [6.45, 7) is 4.13. The number of piperidine rings is 1. The number of carbonyl (C=O) groups is 1. The zero-order chi connectivity index (χ0) is 24.3. The number of H-pyrrole nitrogens is 1. The molecule has 2 heterocycles. The number of methoxy groups -OCH3 is 2. The summed E-state index contributed by atoms with van der Waals surface area (Å²) in [4.78, 5) is 29.8. The van der Waals surface area contributed by atoms with E-state index in [0.29, 0.717) is 23.2 Å². The number of para-hydroxylation sites is 2. The third-order valence-corrected chi connectivity index (χ3v) is 6.77. The second-order valence-corrected chi connectivity index (χ2v) is 9.04. The van der Waals surface area contributed by atoms with Gasteiger partial charge in [-0.1, -0.05) is 12.1 Å². The Morgan fingerprint density at radius 2 is 1.82 bits per heavy atom. The minimum Gasteiger partial charge on any atom is -0.497 e. The van der Waals surface area contributed by atoms with Gasteiger partial charge in [-0.25, -0.2) is 4.98 Å². The van der Waals surface area contributed by atoms with E-state index < -0.39 is 5.92 Å². The lowest BCUT2D eigenvalue weighted by atomic mass is 9.85. The van der Waals surface area contributed by atoms with Crippen LogP contribution in [0.4, 0.5) is 5.69 Å². The molecule has 8 heteroatoms. The molecule has 1 aliphatic heterocycles. The van der Waals surface area contributed by atoms with Gasteiger partial charge >= 0.3 is 0 Å². The molecule has 1 N–H and O–H groups in total. The Labute approximate surface area is 200 Å². The molecule has 0 amide bonds. The van der Waals surface area contributed by atoms with Crippen LogP contribution in [-0.4, -0.2) is 73.9 Å². The van der Waals surface area contributed by atoms with Gasteiger partial charge in [-0.3, -0.25) is 4.99 Å². The van der Waals surface area contributed by atoms with Gasteiger partial charge in [-0.2, -0.15) is 0 Å². The fraction of sp³-hybridized carbons (Fsp3) is 0.423. The Balaban J connectivity index is 1.86. The molecule has 8 nitrogen and oxygen atoms in total. The van der Waals surface area contributed by atoms with Crippen molar-refractivity contribution in [3.8, 4) is 11.5 Å². The number of benzene rings is 2. The van der Waals surface area contributed by atoms with Gasteiger partial charge < -0.3 is 29.1 Å². The van der Waals surface area contributed by atoms with E-state index in [2.05, 4.69) is 33.7 Å².